The SMILES string of the molecule is COc1cccc(CNC(C)[SH](=O)=O)c1. The van der Waals surface area contributed by atoms with Crippen molar-refractivity contribution >= 4 is 10.7 Å². The minimum absolute atomic E-state index is 0.508. The van der Waals surface area contributed by atoms with E-state index in [1.54, 1.807) is 14.0 Å². The average Bonchev–Trinajstić information content (AvgIpc) is 2.26. The van der Waals surface area contributed by atoms with Crippen molar-refractivity contribution in [2.45, 2.75) is 18.8 Å². The third kappa shape index (κ3) is 3.89. The molecule has 0 heterocycles. The van der Waals surface area contributed by atoms with Crippen LogP contribution < -0.4 is 10.1 Å². The highest BCUT2D eigenvalue weighted by molar-refractivity contribution is 7.73. The van der Waals surface area contributed by atoms with Crippen LogP contribution in [0.25, 0.3) is 0 Å². The van der Waals surface area contributed by atoms with Gasteiger partial charge in [-0.15, -0.1) is 0 Å². The number of hydrogen-bond donors (Lipinski definition) is 2. The van der Waals surface area contributed by atoms with E-state index in [0.29, 0.717) is 6.54 Å². The minimum Gasteiger partial charge on any atom is -0.497 e. The molecular weight excluding hydrogens is 214 g/mol. The first-order valence-corrected chi connectivity index (χ1v) is 5.88. The summed E-state index contributed by atoms with van der Waals surface area (Å²) in [4.78, 5) is 0. The Balaban J connectivity index is 2.57. The number of thiol groups is 1. The van der Waals surface area contributed by atoms with Gasteiger partial charge in [0, 0.05) is 6.54 Å². The zero-order valence-electron chi connectivity index (χ0n) is 8.77. The van der Waals surface area contributed by atoms with E-state index in [9.17, 15) is 8.42 Å². The Kier molecular flexibility index (Phi) is 4.58. The van der Waals surface area contributed by atoms with E-state index in [0.717, 1.165) is 11.3 Å². The Hall–Kier alpha value is -1.07. The van der Waals surface area contributed by atoms with Crippen LogP contribution in [0.15, 0.2) is 24.3 Å². The van der Waals surface area contributed by atoms with Crippen molar-refractivity contribution in [1.29, 1.82) is 0 Å². The van der Waals surface area contributed by atoms with E-state index in [4.69, 9.17) is 4.74 Å². The lowest BCUT2D eigenvalue weighted by molar-refractivity contribution is 0.414. The van der Waals surface area contributed by atoms with Gasteiger partial charge in [-0.25, -0.2) is 8.42 Å². The second-order valence-electron chi connectivity index (χ2n) is 3.19. The summed E-state index contributed by atoms with van der Waals surface area (Å²) in [6.45, 7) is 2.13. The Morgan fingerprint density at radius 1 is 1.47 bits per heavy atom. The topological polar surface area (TPSA) is 55.4 Å². The summed E-state index contributed by atoms with van der Waals surface area (Å²) in [5.41, 5.74) is 0.998. The maximum absolute atomic E-state index is 10.6. The monoisotopic (exact) mass is 229 g/mol. The fourth-order valence-electron chi connectivity index (χ4n) is 1.12. The third-order valence-electron chi connectivity index (χ3n) is 2.05. The van der Waals surface area contributed by atoms with E-state index in [1.165, 1.54) is 0 Å². The number of benzene rings is 1. The van der Waals surface area contributed by atoms with E-state index in [1.807, 2.05) is 24.3 Å². The number of rotatable bonds is 5. The highest BCUT2D eigenvalue weighted by Gasteiger charge is 2.03. The predicted octanol–water partition coefficient (Wildman–Crippen LogP) is 0.742. The molecule has 1 atom stereocenters. The number of ether oxygens (including phenoxy) is 1. The van der Waals surface area contributed by atoms with Crippen LogP contribution in [-0.4, -0.2) is 20.9 Å². The van der Waals surface area contributed by atoms with E-state index in [-0.39, 0.29) is 0 Å². The zero-order chi connectivity index (χ0) is 11.3. The van der Waals surface area contributed by atoms with Crippen molar-refractivity contribution < 1.29 is 13.2 Å². The Labute approximate surface area is 91.2 Å². The molecule has 1 N–H and O–H groups in total. The Morgan fingerprint density at radius 2 is 2.20 bits per heavy atom. The smallest absolute Gasteiger partial charge is 0.155 e. The molecule has 1 aromatic carbocycles. The fourth-order valence-corrected chi connectivity index (χ4v) is 1.36. The molecule has 15 heavy (non-hydrogen) atoms. The molecule has 0 radical (unpaired) electrons. The molecule has 0 bridgehead atoms. The first kappa shape index (κ1) is 12.0. The summed E-state index contributed by atoms with van der Waals surface area (Å²) in [5.74, 6) is 0.772. The standard InChI is InChI=1S/C10H15NO3S/c1-8(15(12)13)11-7-9-4-3-5-10(6-9)14-2/h3-6,8,11,15H,7H2,1-2H3. The maximum atomic E-state index is 10.6. The fraction of sp³-hybridized carbons (Fsp3) is 0.400. The van der Waals surface area contributed by atoms with Gasteiger partial charge >= 0.3 is 0 Å². The minimum atomic E-state index is -2.41. The molecule has 0 aliphatic carbocycles. The van der Waals surface area contributed by atoms with Gasteiger partial charge in [0.1, 0.15) is 11.1 Å². The van der Waals surface area contributed by atoms with Crippen LogP contribution in [-0.2, 0) is 17.2 Å². The van der Waals surface area contributed by atoms with Gasteiger partial charge < -0.3 is 4.74 Å². The molecule has 4 nitrogen and oxygen atoms in total. The number of methoxy groups -OCH3 is 1. The largest absolute Gasteiger partial charge is 0.497 e. The van der Waals surface area contributed by atoms with Gasteiger partial charge in [-0.05, 0) is 24.6 Å². The lowest BCUT2D eigenvalue weighted by Gasteiger charge is -2.08. The van der Waals surface area contributed by atoms with Gasteiger partial charge in [0.05, 0.1) is 7.11 Å². The van der Waals surface area contributed by atoms with Crippen molar-refractivity contribution in [3.63, 3.8) is 0 Å². The van der Waals surface area contributed by atoms with Crippen LogP contribution >= 0.6 is 0 Å². The van der Waals surface area contributed by atoms with Crippen molar-refractivity contribution in [3.8, 4) is 5.75 Å². The zero-order valence-corrected chi connectivity index (χ0v) is 9.66. The molecule has 84 valence electrons. The van der Waals surface area contributed by atoms with E-state index >= 15 is 0 Å². The molecule has 1 rings (SSSR count). The molecule has 0 saturated carbocycles. The van der Waals surface area contributed by atoms with Crippen LogP contribution in [0.4, 0.5) is 0 Å². The summed E-state index contributed by atoms with van der Waals surface area (Å²) in [5, 5.41) is 2.39. The molecule has 1 unspecified atom stereocenters. The van der Waals surface area contributed by atoms with Crippen LogP contribution in [0.3, 0.4) is 0 Å². The van der Waals surface area contributed by atoms with Crippen LogP contribution in [0.2, 0.25) is 0 Å². The van der Waals surface area contributed by atoms with Crippen LogP contribution in [0, 0.1) is 0 Å². The Bertz CT molecular complexity index is 382. The predicted molar refractivity (Wildman–Crippen MR) is 59.6 cm³/mol. The van der Waals surface area contributed by atoms with Crippen LogP contribution in [0.1, 0.15) is 12.5 Å². The highest BCUT2D eigenvalue weighted by atomic mass is 32.2. The van der Waals surface area contributed by atoms with Gasteiger partial charge in [-0.2, -0.15) is 0 Å². The lowest BCUT2D eigenvalue weighted by atomic mass is 10.2. The van der Waals surface area contributed by atoms with E-state index < -0.39 is 16.1 Å². The molecule has 1 aromatic rings. The van der Waals surface area contributed by atoms with E-state index in [2.05, 4.69) is 5.32 Å². The second kappa shape index (κ2) is 5.72. The van der Waals surface area contributed by atoms with Gasteiger partial charge in [-0.3, -0.25) is 5.32 Å². The summed E-state index contributed by atoms with van der Waals surface area (Å²) in [6.07, 6.45) is 0. The lowest BCUT2D eigenvalue weighted by Crippen LogP contribution is -2.26. The molecule has 0 spiro atoms. The van der Waals surface area contributed by atoms with Crippen molar-refractivity contribution in [2.75, 3.05) is 7.11 Å². The first-order chi connectivity index (χ1) is 7.13. The number of hydrogen-bond acceptors (Lipinski definition) is 4. The molecular formula is C10H15NO3S. The van der Waals surface area contributed by atoms with Gasteiger partial charge in [0.2, 0.25) is 0 Å². The van der Waals surface area contributed by atoms with Crippen molar-refractivity contribution in [3.05, 3.63) is 29.8 Å². The highest BCUT2D eigenvalue weighted by Crippen LogP contribution is 2.12. The molecule has 0 fully saturated rings. The molecule has 0 aliphatic heterocycles. The first-order valence-electron chi connectivity index (χ1n) is 4.63. The summed E-state index contributed by atoms with van der Waals surface area (Å²) in [7, 11) is -0.811. The van der Waals surface area contributed by atoms with Gasteiger partial charge in [0.15, 0.2) is 10.7 Å². The third-order valence-corrected chi connectivity index (χ3v) is 2.87. The molecule has 0 amide bonds. The van der Waals surface area contributed by atoms with Crippen molar-refractivity contribution in [1.82, 2.24) is 5.32 Å². The maximum Gasteiger partial charge on any atom is 0.155 e. The molecule has 0 saturated heterocycles. The second-order valence-corrected chi connectivity index (χ2v) is 4.54. The van der Waals surface area contributed by atoms with Gasteiger partial charge in [-0.1, -0.05) is 12.1 Å². The molecule has 5 heteroatoms. The summed E-state index contributed by atoms with van der Waals surface area (Å²) in [6, 6.07) is 7.51. The molecule has 0 aliphatic rings. The normalized spacial score (nSPS) is 12.7. The average molecular weight is 229 g/mol. The Morgan fingerprint density at radius 3 is 2.80 bits per heavy atom. The molecule has 0 aromatic heterocycles. The van der Waals surface area contributed by atoms with Crippen molar-refractivity contribution in [2.24, 2.45) is 0 Å². The summed E-state index contributed by atoms with van der Waals surface area (Å²) < 4.78 is 26.2. The summed E-state index contributed by atoms with van der Waals surface area (Å²) >= 11 is 0. The van der Waals surface area contributed by atoms with Crippen LogP contribution in [0.5, 0.6) is 5.75 Å². The number of nitrogens with one attached hydrogen (secondary N) is 1. The van der Waals surface area contributed by atoms with Gasteiger partial charge in [0.25, 0.3) is 0 Å². The quantitative estimate of drug-likeness (QED) is 0.731.